The Bertz CT molecular complexity index is 870. The molecule has 1 saturated heterocycles. The third kappa shape index (κ3) is 3.90. The second-order valence-corrected chi connectivity index (χ2v) is 6.50. The number of esters is 1. The molecule has 3 rings (SSSR count). The van der Waals surface area contributed by atoms with E-state index in [4.69, 9.17) is 9.15 Å². The fraction of sp³-hybridized carbons (Fsp3) is 0.421. The van der Waals surface area contributed by atoms with Crippen LogP contribution in [0.25, 0.3) is 11.0 Å². The van der Waals surface area contributed by atoms with E-state index in [2.05, 4.69) is 0 Å². The van der Waals surface area contributed by atoms with E-state index in [9.17, 15) is 14.4 Å². The van der Waals surface area contributed by atoms with Crippen molar-refractivity contribution >= 4 is 22.8 Å². The molecule has 6 nitrogen and oxygen atoms in total. The predicted molar refractivity (Wildman–Crippen MR) is 92.0 cm³/mol. The van der Waals surface area contributed by atoms with Gasteiger partial charge in [0.05, 0.1) is 5.92 Å². The minimum absolute atomic E-state index is 0.0145. The number of fused-ring (bicyclic) bond motifs is 1. The van der Waals surface area contributed by atoms with Crippen molar-refractivity contribution in [2.45, 2.75) is 33.3 Å². The highest BCUT2D eigenvalue weighted by molar-refractivity contribution is 5.81. The molecule has 132 valence electrons. The lowest BCUT2D eigenvalue weighted by atomic mass is 9.98. The van der Waals surface area contributed by atoms with Crippen LogP contribution in [0, 0.1) is 12.8 Å². The molecule has 1 aliphatic rings. The molecular weight excluding hydrogens is 322 g/mol. The zero-order valence-corrected chi connectivity index (χ0v) is 14.4. The van der Waals surface area contributed by atoms with E-state index in [1.54, 1.807) is 11.0 Å². The van der Waals surface area contributed by atoms with Gasteiger partial charge in [-0.1, -0.05) is 12.1 Å². The third-order valence-corrected chi connectivity index (χ3v) is 4.56. The number of likely N-dealkylation sites (tertiary alicyclic amines) is 1. The lowest BCUT2D eigenvalue weighted by Crippen LogP contribution is -2.41. The van der Waals surface area contributed by atoms with Gasteiger partial charge in [-0.25, -0.2) is 4.79 Å². The molecule has 2 aromatic rings. The maximum absolute atomic E-state index is 12.4. The van der Waals surface area contributed by atoms with Crippen LogP contribution in [0.3, 0.4) is 0 Å². The average molecular weight is 343 g/mol. The normalized spacial score (nSPS) is 17.5. The van der Waals surface area contributed by atoms with Crippen LogP contribution < -0.4 is 5.63 Å². The van der Waals surface area contributed by atoms with Gasteiger partial charge >= 0.3 is 11.6 Å². The van der Waals surface area contributed by atoms with E-state index in [0.717, 1.165) is 17.4 Å². The van der Waals surface area contributed by atoms with Crippen molar-refractivity contribution in [2.24, 2.45) is 5.92 Å². The summed E-state index contributed by atoms with van der Waals surface area (Å²) in [7, 11) is 0. The van der Waals surface area contributed by atoms with Gasteiger partial charge in [0.2, 0.25) is 5.91 Å². The molecule has 25 heavy (non-hydrogen) atoms. The summed E-state index contributed by atoms with van der Waals surface area (Å²) in [6.45, 7) is 4.51. The molecule has 0 radical (unpaired) electrons. The summed E-state index contributed by atoms with van der Waals surface area (Å²) >= 11 is 0. The van der Waals surface area contributed by atoms with Gasteiger partial charge in [0.1, 0.15) is 12.2 Å². The molecular formula is C19H21NO5. The molecule has 1 aliphatic heterocycles. The van der Waals surface area contributed by atoms with E-state index in [1.807, 2.05) is 19.1 Å². The van der Waals surface area contributed by atoms with Crippen LogP contribution in [-0.4, -0.2) is 29.9 Å². The smallest absolute Gasteiger partial charge is 0.336 e. The Kier molecular flexibility index (Phi) is 4.88. The van der Waals surface area contributed by atoms with Gasteiger partial charge in [-0.3, -0.25) is 9.59 Å². The van der Waals surface area contributed by atoms with Crippen LogP contribution in [0.4, 0.5) is 0 Å². The predicted octanol–water partition coefficient (Wildman–Crippen LogP) is 2.40. The monoisotopic (exact) mass is 343 g/mol. The first-order valence-electron chi connectivity index (χ1n) is 8.39. The first-order valence-corrected chi connectivity index (χ1v) is 8.39. The van der Waals surface area contributed by atoms with Crippen molar-refractivity contribution in [1.29, 1.82) is 0 Å². The SMILES string of the molecule is CC(=O)N1CCC[C@H](C(=O)OCc2cc(=O)oc3cc(C)ccc23)C1. The first kappa shape index (κ1) is 17.2. The van der Waals surface area contributed by atoms with Crippen LogP contribution in [-0.2, 0) is 20.9 Å². The van der Waals surface area contributed by atoms with Gasteiger partial charge in [-0.15, -0.1) is 0 Å². The first-order chi connectivity index (χ1) is 11.9. The highest BCUT2D eigenvalue weighted by Crippen LogP contribution is 2.21. The number of nitrogens with zero attached hydrogens (tertiary/aromatic N) is 1. The van der Waals surface area contributed by atoms with Gasteiger partial charge in [-0.05, 0) is 31.4 Å². The van der Waals surface area contributed by atoms with Crippen molar-refractivity contribution in [3.8, 4) is 0 Å². The van der Waals surface area contributed by atoms with E-state index in [0.29, 0.717) is 30.7 Å². The zero-order chi connectivity index (χ0) is 18.0. The summed E-state index contributed by atoms with van der Waals surface area (Å²) in [5.74, 6) is -0.676. The summed E-state index contributed by atoms with van der Waals surface area (Å²) in [5, 5.41) is 0.756. The maximum Gasteiger partial charge on any atom is 0.336 e. The zero-order valence-electron chi connectivity index (χ0n) is 14.4. The highest BCUT2D eigenvalue weighted by Gasteiger charge is 2.28. The van der Waals surface area contributed by atoms with Crippen molar-refractivity contribution in [3.63, 3.8) is 0 Å². The quantitative estimate of drug-likeness (QED) is 0.632. The van der Waals surface area contributed by atoms with E-state index in [1.165, 1.54) is 13.0 Å². The summed E-state index contributed by atoms with van der Waals surface area (Å²) < 4.78 is 10.6. The molecule has 0 bridgehead atoms. The highest BCUT2D eigenvalue weighted by atomic mass is 16.5. The Hall–Kier alpha value is -2.63. The summed E-state index contributed by atoms with van der Waals surface area (Å²) in [4.78, 5) is 37.2. The van der Waals surface area contributed by atoms with Gasteiger partial charge in [-0.2, -0.15) is 0 Å². The number of piperidine rings is 1. The van der Waals surface area contributed by atoms with Crippen LogP contribution in [0.5, 0.6) is 0 Å². The molecule has 0 spiro atoms. The number of hydrogen-bond acceptors (Lipinski definition) is 5. The lowest BCUT2D eigenvalue weighted by molar-refractivity contribution is -0.152. The van der Waals surface area contributed by atoms with E-state index in [-0.39, 0.29) is 24.4 Å². The van der Waals surface area contributed by atoms with Crippen molar-refractivity contribution < 1.29 is 18.7 Å². The van der Waals surface area contributed by atoms with Gasteiger partial charge in [0.25, 0.3) is 0 Å². The van der Waals surface area contributed by atoms with Crippen molar-refractivity contribution in [3.05, 3.63) is 45.8 Å². The Labute approximate surface area is 145 Å². The van der Waals surface area contributed by atoms with Gasteiger partial charge in [0, 0.05) is 37.0 Å². The fourth-order valence-electron chi connectivity index (χ4n) is 3.18. The molecule has 0 unspecified atom stereocenters. The van der Waals surface area contributed by atoms with Gasteiger partial charge < -0.3 is 14.1 Å². The molecule has 2 heterocycles. The largest absolute Gasteiger partial charge is 0.461 e. The Morgan fingerprint density at radius 2 is 2.12 bits per heavy atom. The maximum atomic E-state index is 12.4. The van der Waals surface area contributed by atoms with E-state index < -0.39 is 5.63 Å². The fourth-order valence-corrected chi connectivity index (χ4v) is 3.18. The number of carbonyl (C=O) groups excluding carboxylic acids is 2. The molecule has 1 aromatic heterocycles. The number of aryl methyl sites for hydroxylation is 1. The molecule has 1 fully saturated rings. The van der Waals surface area contributed by atoms with Crippen molar-refractivity contribution in [2.75, 3.05) is 13.1 Å². The number of hydrogen-bond donors (Lipinski definition) is 0. The molecule has 1 aromatic carbocycles. The van der Waals surface area contributed by atoms with Crippen LogP contribution in [0.2, 0.25) is 0 Å². The summed E-state index contributed by atoms with van der Waals surface area (Å²) in [5.41, 5.74) is 1.62. The molecule has 6 heteroatoms. The molecule has 0 N–H and O–H groups in total. The molecule has 1 atom stereocenters. The summed E-state index contributed by atoms with van der Waals surface area (Å²) in [6, 6.07) is 6.91. The lowest BCUT2D eigenvalue weighted by Gasteiger charge is -2.30. The number of carbonyl (C=O) groups is 2. The molecule has 1 amide bonds. The minimum Gasteiger partial charge on any atom is -0.461 e. The van der Waals surface area contributed by atoms with Crippen LogP contribution >= 0.6 is 0 Å². The molecule has 0 saturated carbocycles. The topological polar surface area (TPSA) is 76.8 Å². The second-order valence-electron chi connectivity index (χ2n) is 6.50. The van der Waals surface area contributed by atoms with Crippen LogP contribution in [0.1, 0.15) is 30.9 Å². The standard InChI is InChI=1S/C19H21NO5/c1-12-5-6-16-15(9-18(22)25-17(16)8-12)11-24-19(23)14-4-3-7-20(10-14)13(2)21/h5-6,8-9,14H,3-4,7,10-11H2,1-2H3/t14-/m0/s1. The Morgan fingerprint density at radius 1 is 1.32 bits per heavy atom. The molecule has 0 aliphatic carbocycles. The number of amides is 1. The number of benzene rings is 1. The second kappa shape index (κ2) is 7.09. The number of ether oxygens (including phenoxy) is 1. The van der Waals surface area contributed by atoms with E-state index >= 15 is 0 Å². The Morgan fingerprint density at radius 3 is 2.88 bits per heavy atom. The van der Waals surface area contributed by atoms with Gasteiger partial charge in [0.15, 0.2) is 0 Å². The number of rotatable bonds is 3. The van der Waals surface area contributed by atoms with Crippen LogP contribution in [0.15, 0.2) is 33.5 Å². The average Bonchev–Trinajstić information content (AvgIpc) is 2.58. The third-order valence-electron chi connectivity index (χ3n) is 4.56. The minimum atomic E-state index is -0.468. The van der Waals surface area contributed by atoms with Crippen molar-refractivity contribution in [1.82, 2.24) is 4.90 Å². The Balaban J connectivity index is 1.73. The summed E-state index contributed by atoms with van der Waals surface area (Å²) in [6.07, 6.45) is 1.50.